The van der Waals surface area contributed by atoms with Gasteiger partial charge in [0, 0.05) is 21.2 Å². The molecule has 3 heterocycles. The number of aromatic nitrogens is 1. The fourth-order valence-electron chi connectivity index (χ4n) is 3.57. The van der Waals surface area contributed by atoms with Gasteiger partial charge in [0.15, 0.2) is 0 Å². The van der Waals surface area contributed by atoms with Crippen LogP contribution in [0.25, 0.3) is 32.2 Å². The number of fused-ring (bicyclic) bond motifs is 3. The first-order chi connectivity index (χ1) is 13.2. The van der Waals surface area contributed by atoms with Crippen LogP contribution in [-0.2, 0) is 6.54 Å². The maximum atomic E-state index is 12.0. The number of rotatable bonds is 4. The highest BCUT2D eigenvalue weighted by atomic mass is 32.1. The predicted octanol–water partition coefficient (Wildman–Crippen LogP) is 5.06. The van der Waals surface area contributed by atoms with Crippen LogP contribution in [-0.4, -0.2) is 10.5 Å². The summed E-state index contributed by atoms with van der Waals surface area (Å²) in [7, 11) is 0. The maximum Gasteiger partial charge on any atom is 0.249 e. The Morgan fingerprint density at radius 2 is 2.07 bits per heavy atom. The molecule has 27 heavy (non-hydrogen) atoms. The highest BCUT2D eigenvalue weighted by molar-refractivity contribution is 7.13. The fourth-order valence-corrected chi connectivity index (χ4v) is 4.29. The van der Waals surface area contributed by atoms with Gasteiger partial charge in [-0.25, -0.2) is 0 Å². The van der Waals surface area contributed by atoms with Crippen molar-refractivity contribution in [3.8, 4) is 10.4 Å². The Morgan fingerprint density at radius 1 is 1.15 bits per heavy atom. The summed E-state index contributed by atoms with van der Waals surface area (Å²) in [6.07, 6.45) is 1.67. The molecule has 2 N–H and O–H groups in total. The van der Waals surface area contributed by atoms with Crippen molar-refractivity contribution in [2.45, 2.75) is 6.54 Å². The second kappa shape index (κ2) is 6.14. The van der Waals surface area contributed by atoms with E-state index in [1.165, 1.54) is 4.88 Å². The number of carbonyl (C=O) groups excluding carboxylic acids is 1. The summed E-state index contributed by atoms with van der Waals surface area (Å²) in [6, 6.07) is 21.1. The van der Waals surface area contributed by atoms with E-state index in [1.54, 1.807) is 23.7 Å². The molecule has 5 heteroatoms. The molecule has 0 unspecified atom stereocenters. The van der Waals surface area contributed by atoms with Crippen LogP contribution in [0.5, 0.6) is 0 Å². The van der Waals surface area contributed by atoms with Crippen LogP contribution in [0.4, 0.5) is 0 Å². The van der Waals surface area contributed by atoms with Crippen molar-refractivity contribution in [3.05, 3.63) is 83.6 Å². The van der Waals surface area contributed by atoms with E-state index in [-0.39, 0.29) is 0 Å². The van der Waals surface area contributed by atoms with E-state index >= 15 is 0 Å². The van der Waals surface area contributed by atoms with Crippen LogP contribution < -0.4 is 5.73 Å². The van der Waals surface area contributed by atoms with Gasteiger partial charge in [0.05, 0.1) is 23.8 Å². The van der Waals surface area contributed by atoms with Crippen molar-refractivity contribution in [1.29, 1.82) is 0 Å². The van der Waals surface area contributed by atoms with Gasteiger partial charge >= 0.3 is 0 Å². The average molecular weight is 371 g/mol. The van der Waals surface area contributed by atoms with Crippen LogP contribution in [0.1, 0.15) is 16.1 Å². The number of thiophene rings is 1. The SMILES string of the molecule is NC(=O)c1cccc2c1c1[c]cc(-c3cccs3)cc1n2Cc1ccco1. The molecule has 0 saturated heterocycles. The number of hydrogen-bond donors (Lipinski definition) is 1. The molecule has 0 bridgehead atoms. The quantitative estimate of drug-likeness (QED) is 0.480. The predicted molar refractivity (Wildman–Crippen MR) is 108 cm³/mol. The number of benzene rings is 2. The minimum Gasteiger partial charge on any atom is -0.467 e. The first kappa shape index (κ1) is 15.9. The molecule has 2 aromatic carbocycles. The Kier molecular flexibility index (Phi) is 3.62. The molecule has 1 radical (unpaired) electrons. The summed E-state index contributed by atoms with van der Waals surface area (Å²) in [5.41, 5.74) is 9.20. The zero-order valence-electron chi connectivity index (χ0n) is 14.3. The van der Waals surface area contributed by atoms with Gasteiger partial charge in [-0.1, -0.05) is 12.1 Å². The largest absolute Gasteiger partial charge is 0.467 e. The number of amides is 1. The Labute approximate surface area is 159 Å². The normalized spacial score (nSPS) is 11.4. The third-order valence-corrected chi connectivity index (χ3v) is 5.68. The van der Waals surface area contributed by atoms with E-state index in [9.17, 15) is 4.79 Å². The second-order valence-corrected chi connectivity index (χ2v) is 7.30. The molecule has 131 valence electrons. The minimum atomic E-state index is -0.437. The van der Waals surface area contributed by atoms with Gasteiger partial charge in [-0.15, -0.1) is 11.3 Å². The van der Waals surface area contributed by atoms with Crippen LogP contribution in [0, 0.1) is 6.07 Å². The molecule has 0 atom stereocenters. The molecule has 5 aromatic rings. The topological polar surface area (TPSA) is 61.2 Å². The van der Waals surface area contributed by atoms with Crippen molar-refractivity contribution in [1.82, 2.24) is 4.57 Å². The lowest BCUT2D eigenvalue weighted by atomic mass is 10.0. The number of hydrogen-bond acceptors (Lipinski definition) is 3. The van der Waals surface area contributed by atoms with Gasteiger partial charge in [0.25, 0.3) is 0 Å². The van der Waals surface area contributed by atoms with Gasteiger partial charge in [0.1, 0.15) is 5.76 Å². The third-order valence-electron chi connectivity index (χ3n) is 4.76. The maximum absolute atomic E-state index is 12.0. The molecular formula is C22H15N2O2S. The summed E-state index contributed by atoms with van der Waals surface area (Å²) in [4.78, 5) is 13.2. The van der Waals surface area contributed by atoms with E-state index in [0.717, 1.165) is 33.1 Å². The number of nitrogens with two attached hydrogens (primary N) is 1. The van der Waals surface area contributed by atoms with Crippen molar-refractivity contribution < 1.29 is 9.21 Å². The van der Waals surface area contributed by atoms with Crippen LogP contribution in [0.3, 0.4) is 0 Å². The molecule has 0 fully saturated rings. The van der Waals surface area contributed by atoms with Gasteiger partial charge in [0.2, 0.25) is 5.91 Å². The van der Waals surface area contributed by atoms with Gasteiger partial charge in [-0.2, -0.15) is 0 Å². The van der Waals surface area contributed by atoms with Gasteiger partial charge < -0.3 is 14.7 Å². The molecule has 0 spiro atoms. The van der Waals surface area contributed by atoms with Crippen LogP contribution >= 0.6 is 11.3 Å². The average Bonchev–Trinajstić information content (AvgIpc) is 3.43. The molecule has 1 amide bonds. The second-order valence-electron chi connectivity index (χ2n) is 6.36. The molecule has 0 saturated carbocycles. The van der Waals surface area contributed by atoms with Crippen LogP contribution in [0.15, 0.2) is 70.7 Å². The summed E-state index contributed by atoms with van der Waals surface area (Å²) in [6.45, 7) is 0.566. The molecule has 3 aromatic heterocycles. The molecular weight excluding hydrogens is 356 g/mol. The standard InChI is InChI=1S/C22H15N2O2S/c23-22(25)17-5-1-6-18-21(17)16-9-8-14(20-7-3-11-27-20)12-19(16)24(18)13-15-4-2-10-26-15/h1-8,10-12H,13H2,(H2,23,25). The highest BCUT2D eigenvalue weighted by Gasteiger charge is 2.18. The number of carbonyl (C=O) groups is 1. The number of primary amides is 1. The smallest absolute Gasteiger partial charge is 0.249 e. The number of nitrogens with zero attached hydrogens (tertiary/aromatic N) is 1. The summed E-state index contributed by atoms with van der Waals surface area (Å²) < 4.78 is 7.72. The Balaban J connectivity index is 1.85. The van der Waals surface area contributed by atoms with E-state index < -0.39 is 5.91 Å². The molecule has 5 rings (SSSR count). The first-order valence-corrected chi connectivity index (χ1v) is 9.43. The minimum absolute atomic E-state index is 0.437. The van der Waals surface area contributed by atoms with Crippen molar-refractivity contribution in [2.24, 2.45) is 5.73 Å². The summed E-state index contributed by atoms with van der Waals surface area (Å²) in [5, 5.41) is 3.79. The van der Waals surface area contributed by atoms with Crippen LogP contribution in [0.2, 0.25) is 0 Å². The van der Waals surface area contributed by atoms with Crippen molar-refractivity contribution in [2.75, 3.05) is 0 Å². The Morgan fingerprint density at radius 3 is 2.81 bits per heavy atom. The summed E-state index contributed by atoms with van der Waals surface area (Å²) in [5.74, 6) is 0.410. The third kappa shape index (κ3) is 2.55. The molecule has 4 nitrogen and oxygen atoms in total. The lowest BCUT2D eigenvalue weighted by molar-refractivity contribution is 0.100. The van der Waals surface area contributed by atoms with Gasteiger partial charge in [-0.05, 0) is 59.5 Å². The van der Waals surface area contributed by atoms with E-state index in [1.807, 2.05) is 36.4 Å². The zero-order chi connectivity index (χ0) is 18.4. The molecule has 0 aliphatic rings. The number of furan rings is 1. The lowest BCUT2D eigenvalue weighted by Crippen LogP contribution is -2.11. The zero-order valence-corrected chi connectivity index (χ0v) is 15.1. The van der Waals surface area contributed by atoms with E-state index in [2.05, 4.69) is 28.1 Å². The fraction of sp³-hybridized carbons (Fsp3) is 0.0455. The van der Waals surface area contributed by atoms with Crippen molar-refractivity contribution in [3.63, 3.8) is 0 Å². The monoisotopic (exact) mass is 371 g/mol. The Bertz CT molecular complexity index is 1270. The van der Waals surface area contributed by atoms with E-state index in [4.69, 9.17) is 10.2 Å². The first-order valence-electron chi connectivity index (χ1n) is 8.55. The Hall–Kier alpha value is -3.31. The van der Waals surface area contributed by atoms with Gasteiger partial charge in [-0.3, -0.25) is 4.79 Å². The lowest BCUT2D eigenvalue weighted by Gasteiger charge is -2.06. The van der Waals surface area contributed by atoms with E-state index in [0.29, 0.717) is 12.1 Å². The molecule has 0 aliphatic carbocycles. The summed E-state index contributed by atoms with van der Waals surface area (Å²) >= 11 is 1.69. The highest BCUT2D eigenvalue weighted by Crippen LogP contribution is 2.35. The molecule has 0 aliphatic heterocycles. The van der Waals surface area contributed by atoms with Crippen molar-refractivity contribution >= 4 is 39.0 Å².